The fraction of sp³-hybridized carbons (Fsp3) is 0.188. The molecule has 1 aliphatic heterocycles. The molecule has 0 spiro atoms. The zero-order valence-electron chi connectivity index (χ0n) is 10.8. The SMILES string of the molecule is CN1C(=O)NCC1c1ccc(-c2ccccc2)cc1. The van der Waals surface area contributed by atoms with Gasteiger partial charge < -0.3 is 10.2 Å². The van der Waals surface area contributed by atoms with Gasteiger partial charge in [-0.25, -0.2) is 4.79 Å². The van der Waals surface area contributed by atoms with Crippen molar-refractivity contribution in [2.75, 3.05) is 13.6 Å². The summed E-state index contributed by atoms with van der Waals surface area (Å²) in [6.45, 7) is 0.681. The number of amides is 2. The Balaban J connectivity index is 1.86. The molecule has 1 aliphatic rings. The molecule has 1 atom stereocenters. The second-order valence-corrected chi connectivity index (χ2v) is 4.80. The second kappa shape index (κ2) is 4.76. The fourth-order valence-corrected chi connectivity index (χ4v) is 2.46. The van der Waals surface area contributed by atoms with E-state index in [0.29, 0.717) is 6.54 Å². The van der Waals surface area contributed by atoms with E-state index in [2.05, 4.69) is 41.7 Å². The van der Waals surface area contributed by atoms with Crippen LogP contribution in [0.3, 0.4) is 0 Å². The zero-order valence-corrected chi connectivity index (χ0v) is 10.8. The predicted molar refractivity (Wildman–Crippen MR) is 75.8 cm³/mol. The average molecular weight is 252 g/mol. The van der Waals surface area contributed by atoms with Crippen LogP contribution in [0.4, 0.5) is 4.79 Å². The van der Waals surface area contributed by atoms with Crippen molar-refractivity contribution in [3.8, 4) is 11.1 Å². The van der Waals surface area contributed by atoms with Gasteiger partial charge in [-0.3, -0.25) is 0 Å². The van der Waals surface area contributed by atoms with Crippen molar-refractivity contribution >= 4 is 6.03 Å². The van der Waals surface area contributed by atoms with Crippen LogP contribution < -0.4 is 5.32 Å². The summed E-state index contributed by atoms with van der Waals surface area (Å²) in [7, 11) is 1.83. The van der Waals surface area contributed by atoms with Gasteiger partial charge in [-0.1, -0.05) is 54.6 Å². The lowest BCUT2D eigenvalue weighted by Gasteiger charge is -2.18. The van der Waals surface area contributed by atoms with Crippen molar-refractivity contribution in [2.45, 2.75) is 6.04 Å². The van der Waals surface area contributed by atoms with Gasteiger partial charge in [-0.05, 0) is 16.7 Å². The van der Waals surface area contributed by atoms with Crippen LogP contribution in [0.5, 0.6) is 0 Å². The molecule has 3 rings (SSSR count). The topological polar surface area (TPSA) is 32.3 Å². The van der Waals surface area contributed by atoms with Crippen molar-refractivity contribution < 1.29 is 4.79 Å². The normalized spacial score (nSPS) is 18.5. The van der Waals surface area contributed by atoms with Gasteiger partial charge in [0.05, 0.1) is 6.04 Å². The second-order valence-electron chi connectivity index (χ2n) is 4.80. The Labute approximate surface area is 112 Å². The number of hydrogen-bond donors (Lipinski definition) is 1. The van der Waals surface area contributed by atoms with E-state index in [1.165, 1.54) is 16.7 Å². The standard InChI is InChI=1S/C16H16N2O/c1-18-15(11-17-16(18)19)14-9-7-13(8-10-14)12-5-3-2-4-6-12/h2-10,15H,11H2,1H3,(H,17,19). The average Bonchev–Trinajstić information content (AvgIpc) is 2.80. The van der Waals surface area contributed by atoms with Gasteiger partial charge in [0.15, 0.2) is 0 Å². The van der Waals surface area contributed by atoms with Crippen LogP contribution in [0.25, 0.3) is 11.1 Å². The summed E-state index contributed by atoms with van der Waals surface area (Å²) >= 11 is 0. The molecule has 0 saturated carbocycles. The van der Waals surface area contributed by atoms with Crippen LogP contribution in [0.2, 0.25) is 0 Å². The maximum atomic E-state index is 11.5. The van der Waals surface area contributed by atoms with E-state index in [1.54, 1.807) is 4.90 Å². The van der Waals surface area contributed by atoms with Crippen LogP contribution in [0.15, 0.2) is 54.6 Å². The molecule has 1 saturated heterocycles. The van der Waals surface area contributed by atoms with Gasteiger partial charge in [-0.2, -0.15) is 0 Å². The fourth-order valence-electron chi connectivity index (χ4n) is 2.46. The molecule has 2 amide bonds. The first-order valence-corrected chi connectivity index (χ1v) is 6.42. The number of urea groups is 1. The van der Waals surface area contributed by atoms with Gasteiger partial charge in [-0.15, -0.1) is 0 Å². The third-order valence-corrected chi connectivity index (χ3v) is 3.64. The quantitative estimate of drug-likeness (QED) is 0.875. The molecule has 0 aliphatic carbocycles. The van der Waals surface area contributed by atoms with Crippen molar-refractivity contribution in [3.05, 3.63) is 60.2 Å². The monoisotopic (exact) mass is 252 g/mol. The molecule has 1 heterocycles. The van der Waals surface area contributed by atoms with E-state index < -0.39 is 0 Å². The molecule has 0 radical (unpaired) electrons. The molecule has 3 nitrogen and oxygen atoms in total. The van der Waals surface area contributed by atoms with Gasteiger partial charge >= 0.3 is 6.03 Å². The third kappa shape index (κ3) is 2.19. The number of likely N-dealkylation sites (N-methyl/N-ethyl adjacent to an activating group) is 1. The van der Waals surface area contributed by atoms with Crippen molar-refractivity contribution in [1.29, 1.82) is 0 Å². The first kappa shape index (κ1) is 11.8. The third-order valence-electron chi connectivity index (χ3n) is 3.64. The molecule has 1 fully saturated rings. The molecule has 19 heavy (non-hydrogen) atoms. The number of benzene rings is 2. The predicted octanol–water partition coefficient (Wildman–Crippen LogP) is 3.05. The molecule has 2 aromatic rings. The maximum absolute atomic E-state index is 11.5. The molecule has 1 unspecified atom stereocenters. The molecule has 1 N–H and O–H groups in total. The van der Waals surface area contributed by atoms with E-state index in [9.17, 15) is 4.79 Å². The highest BCUT2D eigenvalue weighted by Crippen LogP contribution is 2.26. The Hall–Kier alpha value is -2.29. The number of hydrogen-bond acceptors (Lipinski definition) is 1. The van der Waals surface area contributed by atoms with Crippen LogP contribution in [-0.2, 0) is 0 Å². The molecular weight excluding hydrogens is 236 g/mol. The van der Waals surface area contributed by atoms with Crippen molar-refractivity contribution in [3.63, 3.8) is 0 Å². The minimum Gasteiger partial charge on any atom is -0.336 e. The zero-order chi connectivity index (χ0) is 13.2. The highest BCUT2D eigenvalue weighted by atomic mass is 16.2. The van der Waals surface area contributed by atoms with Crippen LogP contribution in [-0.4, -0.2) is 24.5 Å². The van der Waals surface area contributed by atoms with Crippen molar-refractivity contribution in [1.82, 2.24) is 10.2 Å². The summed E-state index contributed by atoms with van der Waals surface area (Å²) in [6.07, 6.45) is 0. The summed E-state index contributed by atoms with van der Waals surface area (Å²) in [5.74, 6) is 0. The van der Waals surface area contributed by atoms with E-state index in [1.807, 2.05) is 25.2 Å². The number of nitrogens with one attached hydrogen (secondary N) is 1. The summed E-state index contributed by atoms with van der Waals surface area (Å²) in [4.78, 5) is 13.2. The lowest BCUT2D eigenvalue weighted by Crippen LogP contribution is -2.25. The number of carbonyl (C=O) groups is 1. The molecule has 2 aromatic carbocycles. The summed E-state index contributed by atoms with van der Waals surface area (Å²) in [6, 6.07) is 18.9. The number of rotatable bonds is 2. The molecular formula is C16H16N2O. The van der Waals surface area contributed by atoms with E-state index in [4.69, 9.17) is 0 Å². The lowest BCUT2D eigenvalue weighted by molar-refractivity contribution is 0.217. The van der Waals surface area contributed by atoms with E-state index in [-0.39, 0.29) is 12.1 Å². The minimum atomic E-state index is -0.00265. The number of nitrogens with zero attached hydrogens (tertiary/aromatic N) is 1. The smallest absolute Gasteiger partial charge is 0.317 e. The van der Waals surface area contributed by atoms with Gasteiger partial charge in [0.2, 0.25) is 0 Å². The Morgan fingerprint density at radius 2 is 1.63 bits per heavy atom. The van der Waals surface area contributed by atoms with Crippen LogP contribution in [0.1, 0.15) is 11.6 Å². The molecule has 3 heteroatoms. The Morgan fingerprint density at radius 1 is 1.00 bits per heavy atom. The summed E-state index contributed by atoms with van der Waals surface area (Å²) < 4.78 is 0. The Morgan fingerprint density at radius 3 is 2.21 bits per heavy atom. The highest BCUT2D eigenvalue weighted by Gasteiger charge is 2.28. The van der Waals surface area contributed by atoms with Crippen LogP contribution >= 0.6 is 0 Å². The van der Waals surface area contributed by atoms with Gasteiger partial charge in [0.1, 0.15) is 0 Å². The summed E-state index contributed by atoms with van der Waals surface area (Å²) in [5, 5.41) is 2.85. The first-order valence-electron chi connectivity index (χ1n) is 6.42. The van der Waals surface area contributed by atoms with E-state index in [0.717, 1.165) is 0 Å². The van der Waals surface area contributed by atoms with Gasteiger partial charge in [0, 0.05) is 13.6 Å². The van der Waals surface area contributed by atoms with Crippen molar-refractivity contribution in [2.24, 2.45) is 0 Å². The van der Waals surface area contributed by atoms with Gasteiger partial charge in [0.25, 0.3) is 0 Å². The minimum absolute atomic E-state index is 0.00265. The number of carbonyl (C=O) groups excluding carboxylic acids is 1. The van der Waals surface area contributed by atoms with E-state index >= 15 is 0 Å². The lowest BCUT2D eigenvalue weighted by atomic mass is 10.0. The Kier molecular flexibility index (Phi) is 2.95. The largest absolute Gasteiger partial charge is 0.336 e. The molecule has 96 valence electrons. The van der Waals surface area contributed by atoms with Crippen LogP contribution in [0, 0.1) is 0 Å². The molecule has 0 aromatic heterocycles. The Bertz CT molecular complexity index is 577. The maximum Gasteiger partial charge on any atom is 0.317 e. The summed E-state index contributed by atoms with van der Waals surface area (Å²) in [5.41, 5.74) is 3.58. The highest BCUT2D eigenvalue weighted by molar-refractivity contribution is 5.77. The molecule has 0 bridgehead atoms. The first-order chi connectivity index (χ1) is 9.25.